The molecule has 0 saturated heterocycles. The molecule has 0 aromatic heterocycles. The predicted octanol–water partition coefficient (Wildman–Crippen LogP) is 2.37. The van der Waals surface area contributed by atoms with Crippen LogP contribution in [0.3, 0.4) is 0 Å². The molecule has 0 aromatic carbocycles. The Morgan fingerprint density at radius 1 is 0.667 bits per heavy atom. The molecule has 0 aliphatic carbocycles. The van der Waals surface area contributed by atoms with Crippen molar-refractivity contribution in [3.8, 4) is 0 Å². The molecule has 0 spiro atoms. The van der Waals surface area contributed by atoms with Crippen LogP contribution in [0, 0.1) is 0 Å². The fourth-order valence-corrected chi connectivity index (χ4v) is 2.55. The first-order chi connectivity index (χ1) is 9.62. The first kappa shape index (κ1) is 23.5. The summed E-state index contributed by atoms with van der Waals surface area (Å²) in [5.41, 5.74) is 0. The van der Waals surface area contributed by atoms with Crippen molar-refractivity contribution in [1.29, 1.82) is 0 Å². The zero-order chi connectivity index (χ0) is 15.1. The second kappa shape index (κ2) is 16.6. The number of quaternary nitrogens is 1. The molecule has 0 saturated carbocycles. The number of unbranched alkanes of at least 4 members (excludes halogenated alkanes) is 9. The number of nitrogens with zero attached hydrogens (tertiary/aromatic N) is 1. The smallest absolute Gasteiger partial charge is 0.182 e. The maximum Gasteiger partial charge on any atom is 0.182 e. The van der Waals surface area contributed by atoms with Gasteiger partial charge in [-0.25, -0.2) is 0 Å². The lowest BCUT2D eigenvalue weighted by Gasteiger charge is -2.29. The first-order valence-electron chi connectivity index (χ1n) is 9.02. The van der Waals surface area contributed by atoms with Crippen molar-refractivity contribution < 1.29 is 21.6 Å². The van der Waals surface area contributed by atoms with Gasteiger partial charge < -0.3 is 21.6 Å². The summed E-state index contributed by atoms with van der Waals surface area (Å²) in [6.45, 7) is 7.47. The maximum absolute atomic E-state index is 5.66. The van der Waals surface area contributed by atoms with Crippen LogP contribution in [0.5, 0.6) is 0 Å². The van der Waals surface area contributed by atoms with Gasteiger partial charge in [0.25, 0.3) is 0 Å². The van der Waals surface area contributed by atoms with Crippen molar-refractivity contribution in [2.75, 3.05) is 34.0 Å². The Balaban J connectivity index is 0. The van der Waals surface area contributed by atoms with Crippen molar-refractivity contribution in [3.05, 3.63) is 0 Å². The van der Waals surface area contributed by atoms with E-state index in [2.05, 4.69) is 27.9 Å². The van der Waals surface area contributed by atoms with Gasteiger partial charge in [-0.2, -0.15) is 0 Å². The summed E-state index contributed by atoms with van der Waals surface area (Å²) in [5.74, 6) is 0. The Morgan fingerprint density at radius 3 is 1.62 bits per heavy atom. The van der Waals surface area contributed by atoms with Crippen molar-refractivity contribution in [3.63, 3.8) is 0 Å². The monoisotopic (exact) mass is 321 g/mol. The van der Waals surface area contributed by atoms with Gasteiger partial charge in [0.15, 0.2) is 6.73 Å². The highest BCUT2D eigenvalue weighted by Crippen LogP contribution is 2.11. The summed E-state index contributed by atoms with van der Waals surface area (Å²) < 4.78 is 6.67. The lowest BCUT2D eigenvalue weighted by Crippen LogP contribution is -3.00. The zero-order valence-electron chi connectivity index (χ0n) is 15.1. The SMILES string of the molecule is CCCCCCCCCCCC[N+](C)(C)COCCC.[Cl-]. The van der Waals surface area contributed by atoms with Crippen LogP contribution in [0.15, 0.2) is 0 Å². The number of hydrogen-bond acceptors (Lipinski definition) is 1. The van der Waals surface area contributed by atoms with Gasteiger partial charge in [0.1, 0.15) is 0 Å². The highest BCUT2D eigenvalue weighted by Gasteiger charge is 2.13. The molecule has 0 bridgehead atoms. The van der Waals surface area contributed by atoms with Crippen molar-refractivity contribution in [2.45, 2.75) is 84.5 Å². The van der Waals surface area contributed by atoms with Gasteiger partial charge in [-0.15, -0.1) is 0 Å². The fraction of sp³-hybridized carbons (Fsp3) is 1.00. The van der Waals surface area contributed by atoms with Crippen LogP contribution in [0.2, 0.25) is 0 Å². The normalized spacial score (nSPS) is 11.4. The molecular weight excluding hydrogens is 282 g/mol. The molecular formula is C18H40ClNO. The van der Waals surface area contributed by atoms with Crippen LogP contribution in [0.1, 0.15) is 84.5 Å². The minimum atomic E-state index is 0. The van der Waals surface area contributed by atoms with Gasteiger partial charge >= 0.3 is 0 Å². The summed E-state index contributed by atoms with van der Waals surface area (Å²) >= 11 is 0. The predicted molar refractivity (Wildman–Crippen MR) is 89.9 cm³/mol. The van der Waals surface area contributed by atoms with Gasteiger partial charge in [-0.05, 0) is 19.3 Å². The third kappa shape index (κ3) is 18.2. The summed E-state index contributed by atoms with van der Waals surface area (Å²) in [4.78, 5) is 0. The quantitative estimate of drug-likeness (QED) is 0.256. The molecule has 130 valence electrons. The van der Waals surface area contributed by atoms with Crippen LogP contribution in [-0.2, 0) is 4.74 Å². The standard InChI is InChI=1S/C18H40NO.ClH/c1-5-7-8-9-10-11-12-13-14-15-16-19(3,4)18-20-17-6-2;/h5-18H2,1-4H3;1H/q+1;/p-1. The summed E-state index contributed by atoms with van der Waals surface area (Å²) in [5, 5.41) is 0. The lowest BCUT2D eigenvalue weighted by atomic mass is 10.1. The van der Waals surface area contributed by atoms with E-state index in [4.69, 9.17) is 4.74 Å². The molecule has 0 aromatic rings. The molecule has 0 fully saturated rings. The van der Waals surface area contributed by atoms with Gasteiger partial charge in [-0.1, -0.05) is 65.2 Å². The summed E-state index contributed by atoms with van der Waals surface area (Å²) in [6, 6.07) is 0. The minimum Gasteiger partial charge on any atom is -1.00 e. The van der Waals surface area contributed by atoms with Crippen LogP contribution < -0.4 is 12.4 Å². The van der Waals surface area contributed by atoms with Gasteiger partial charge in [0.2, 0.25) is 0 Å². The van der Waals surface area contributed by atoms with E-state index in [0.717, 1.165) is 24.2 Å². The Morgan fingerprint density at radius 2 is 1.14 bits per heavy atom. The van der Waals surface area contributed by atoms with E-state index in [9.17, 15) is 0 Å². The molecule has 0 rings (SSSR count). The van der Waals surface area contributed by atoms with Gasteiger partial charge in [0.05, 0.1) is 27.2 Å². The topological polar surface area (TPSA) is 9.23 Å². The number of ether oxygens (including phenoxy) is 1. The van der Waals surface area contributed by atoms with Crippen LogP contribution >= 0.6 is 0 Å². The van der Waals surface area contributed by atoms with Crippen LogP contribution in [0.25, 0.3) is 0 Å². The highest BCUT2D eigenvalue weighted by molar-refractivity contribution is 4.47. The highest BCUT2D eigenvalue weighted by atomic mass is 35.5. The molecule has 0 radical (unpaired) electrons. The Labute approximate surface area is 140 Å². The summed E-state index contributed by atoms with van der Waals surface area (Å²) in [7, 11) is 4.56. The second-order valence-electron chi connectivity index (χ2n) is 6.88. The molecule has 0 atom stereocenters. The molecule has 0 aliphatic heterocycles. The van der Waals surface area contributed by atoms with Gasteiger partial charge in [-0.3, -0.25) is 0 Å². The molecule has 0 amide bonds. The number of halogens is 1. The number of hydrogen-bond donors (Lipinski definition) is 0. The van der Waals surface area contributed by atoms with Crippen molar-refractivity contribution in [2.24, 2.45) is 0 Å². The molecule has 0 N–H and O–H groups in total. The van der Waals surface area contributed by atoms with E-state index in [0.29, 0.717) is 0 Å². The molecule has 0 unspecified atom stereocenters. The average Bonchev–Trinajstić information content (AvgIpc) is 2.41. The van der Waals surface area contributed by atoms with E-state index in [-0.39, 0.29) is 12.4 Å². The second-order valence-corrected chi connectivity index (χ2v) is 6.88. The van der Waals surface area contributed by atoms with Crippen LogP contribution in [-0.4, -0.2) is 38.5 Å². The zero-order valence-corrected chi connectivity index (χ0v) is 15.9. The van der Waals surface area contributed by atoms with E-state index in [1.54, 1.807) is 0 Å². The Kier molecular flexibility index (Phi) is 18.5. The molecule has 0 heterocycles. The third-order valence-corrected chi connectivity index (χ3v) is 3.91. The average molecular weight is 322 g/mol. The Hall–Kier alpha value is 0.210. The maximum atomic E-state index is 5.66. The van der Waals surface area contributed by atoms with Crippen molar-refractivity contribution >= 4 is 0 Å². The van der Waals surface area contributed by atoms with E-state index < -0.39 is 0 Å². The van der Waals surface area contributed by atoms with E-state index in [1.807, 2.05) is 0 Å². The third-order valence-electron chi connectivity index (χ3n) is 3.91. The van der Waals surface area contributed by atoms with Crippen LogP contribution in [0.4, 0.5) is 0 Å². The fourth-order valence-electron chi connectivity index (χ4n) is 2.55. The minimum absolute atomic E-state index is 0. The molecule has 0 aliphatic rings. The number of rotatable bonds is 15. The van der Waals surface area contributed by atoms with Gasteiger partial charge in [0, 0.05) is 0 Å². The molecule has 2 nitrogen and oxygen atoms in total. The van der Waals surface area contributed by atoms with E-state index in [1.165, 1.54) is 70.8 Å². The molecule has 3 heteroatoms. The first-order valence-corrected chi connectivity index (χ1v) is 9.02. The van der Waals surface area contributed by atoms with E-state index >= 15 is 0 Å². The van der Waals surface area contributed by atoms with Crippen molar-refractivity contribution in [1.82, 2.24) is 0 Å². The Bertz CT molecular complexity index is 198. The molecule has 21 heavy (non-hydrogen) atoms. The lowest BCUT2D eigenvalue weighted by molar-refractivity contribution is -0.909. The largest absolute Gasteiger partial charge is 1.00 e. The summed E-state index contributed by atoms with van der Waals surface area (Å²) in [6.07, 6.45) is 15.3.